The minimum Gasteiger partial charge on any atom is -0.455 e. The second-order valence-electron chi connectivity index (χ2n) is 15.2. The number of furan rings is 1. The van der Waals surface area contributed by atoms with Gasteiger partial charge in [0.15, 0.2) is 0 Å². The fourth-order valence-electron chi connectivity index (χ4n) is 9.34. The van der Waals surface area contributed by atoms with Crippen molar-refractivity contribution in [1.29, 1.82) is 0 Å². The molecule has 3 aromatic heterocycles. The molecule has 0 spiro atoms. The topological polar surface area (TPSA) is 23.0 Å². The van der Waals surface area contributed by atoms with Crippen LogP contribution in [0.5, 0.6) is 0 Å². The van der Waals surface area contributed by atoms with E-state index in [0.717, 1.165) is 51.6 Å². The van der Waals surface area contributed by atoms with Crippen LogP contribution in [-0.4, -0.2) is 9.13 Å². The highest BCUT2D eigenvalue weighted by Gasteiger charge is 2.21. The van der Waals surface area contributed by atoms with Gasteiger partial charge >= 0.3 is 0 Å². The Hall–Kier alpha value is -7.36. The monoisotopic (exact) mass is 728 g/mol. The second kappa shape index (κ2) is 12.6. The van der Waals surface area contributed by atoms with Gasteiger partial charge in [-0.15, -0.1) is 0 Å². The summed E-state index contributed by atoms with van der Waals surface area (Å²) < 4.78 is 11.5. The van der Waals surface area contributed by atoms with Crippen molar-refractivity contribution in [3.05, 3.63) is 200 Å². The number of fused-ring (bicyclic) bond motifs is 9. The van der Waals surface area contributed by atoms with Gasteiger partial charge in [-0.05, 0) is 107 Å². The number of rotatable bonds is 5. The SMILES string of the molecule is C1=CC(c2cccc(-n3c4ccccc4c4cc(-c5ccc6c(c5)c5ccccc5n6-c5ccc(-c6ccccc6)c6oc7ccccc7c56)ccc43)c2)=CCC1. The number of hydrogen-bond acceptors (Lipinski definition) is 1. The fraction of sp³-hybridized carbons (Fsp3) is 0.0370. The Labute approximate surface area is 329 Å². The van der Waals surface area contributed by atoms with Crippen LogP contribution in [0.1, 0.15) is 18.4 Å². The van der Waals surface area contributed by atoms with E-state index >= 15 is 0 Å². The summed E-state index contributed by atoms with van der Waals surface area (Å²) in [6.45, 7) is 0. The number of hydrogen-bond donors (Lipinski definition) is 0. The summed E-state index contributed by atoms with van der Waals surface area (Å²) in [5.41, 5.74) is 16.0. The summed E-state index contributed by atoms with van der Waals surface area (Å²) in [6.07, 6.45) is 9.10. The molecule has 57 heavy (non-hydrogen) atoms. The summed E-state index contributed by atoms with van der Waals surface area (Å²) in [7, 11) is 0. The first-order valence-corrected chi connectivity index (χ1v) is 19.8. The predicted molar refractivity (Wildman–Crippen MR) is 240 cm³/mol. The van der Waals surface area contributed by atoms with Crippen LogP contribution in [0.15, 0.2) is 199 Å². The van der Waals surface area contributed by atoms with Crippen molar-refractivity contribution in [3.8, 4) is 33.6 Å². The molecule has 3 nitrogen and oxygen atoms in total. The zero-order valence-corrected chi connectivity index (χ0v) is 31.2. The van der Waals surface area contributed by atoms with E-state index in [4.69, 9.17) is 4.42 Å². The van der Waals surface area contributed by atoms with Crippen LogP contribution in [-0.2, 0) is 0 Å². The van der Waals surface area contributed by atoms with Crippen molar-refractivity contribution in [2.24, 2.45) is 0 Å². The van der Waals surface area contributed by atoms with Crippen LogP contribution in [0.3, 0.4) is 0 Å². The number of aromatic nitrogens is 2. The average molecular weight is 729 g/mol. The lowest BCUT2D eigenvalue weighted by molar-refractivity contribution is 0.670. The lowest BCUT2D eigenvalue weighted by atomic mass is 9.99. The third kappa shape index (κ3) is 4.92. The molecule has 268 valence electrons. The summed E-state index contributed by atoms with van der Waals surface area (Å²) in [5, 5.41) is 7.19. The Morgan fingerprint density at radius 3 is 1.79 bits per heavy atom. The van der Waals surface area contributed by atoms with Gasteiger partial charge in [0.2, 0.25) is 0 Å². The average Bonchev–Trinajstić information content (AvgIpc) is 3.95. The normalized spacial score (nSPS) is 13.2. The Morgan fingerprint density at radius 1 is 0.421 bits per heavy atom. The largest absolute Gasteiger partial charge is 0.455 e. The first kappa shape index (κ1) is 31.9. The Morgan fingerprint density at radius 2 is 1.05 bits per heavy atom. The zero-order chi connectivity index (χ0) is 37.5. The summed E-state index contributed by atoms with van der Waals surface area (Å²) in [4.78, 5) is 0. The van der Waals surface area contributed by atoms with Crippen molar-refractivity contribution in [2.75, 3.05) is 0 Å². The van der Waals surface area contributed by atoms with E-state index in [1.807, 2.05) is 0 Å². The van der Waals surface area contributed by atoms with Crippen LogP contribution in [0, 0.1) is 0 Å². The van der Waals surface area contributed by atoms with Gasteiger partial charge in [-0.3, -0.25) is 0 Å². The van der Waals surface area contributed by atoms with Crippen LogP contribution in [0.2, 0.25) is 0 Å². The number of nitrogens with zero attached hydrogens (tertiary/aromatic N) is 2. The predicted octanol–water partition coefficient (Wildman–Crippen LogP) is 14.8. The number of benzene rings is 8. The first-order valence-electron chi connectivity index (χ1n) is 19.8. The molecule has 12 rings (SSSR count). The van der Waals surface area contributed by atoms with Crippen molar-refractivity contribution < 1.29 is 4.42 Å². The maximum Gasteiger partial charge on any atom is 0.145 e. The molecule has 0 radical (unpaired) electrons. The summed E-state index contributed by atoms with van der Waals surface area (Å²) in [5.74, 6) is 0. The number of para-hydroxylation sites is 3. The highest BCUT2D eigenvalue weighted by Crippen LogP contribution is 2.43. The van der Waals surface area contributed by atoms with Gasteiger partial charge < -0.3 is 13.6 Å². The molecule has 0 N–H and O–H groups in total. The van der Waals surface area contributed by atoms with Crippen molar-refractivity contribution >= 4 is 71.1 Å². The Bertz CT molecular complexity index is 3460. The van der Waals surface area contributed by atoms with E-state index in [-0.39, 0.29) is 0 Å². The second-order valence-corrected chi connectivity index (χ2v) is 15.2. The van der Waals surface area contributed by atoms with E-state index < -0.39 is 0 Å². The molecule has 0 atom stereocenters. The van der Waals surface area contributed by atoms with Crippen molar-refractivity contribution in [3.63, 3.8) is 0 Å². The maximum absolute atomic E-state index is 6.69. The molecule has 1 aliphatic rings. The molecule has 0 saturated carbocycles. The van der Waals surface area contributed by atoms with Crippen molar-refractivity contribution in [2.45, 2.75) is 12.8 Å². The van der Waals surface area contributed by atoms with E-state index in [1.54, 1.807) is 0 Å². The summed E-state index contributed by atoms with van der Waals surface area (Å²) in [6, 6.07) is 64.0. The van der Waals surface area contributed by atoms with E-state index in [1.165, 1.54) is 71.6 Å². The molecular formula is C54H36N2O. The zero-order valence-electron chi connectivity index (χ0n) is 31.2. The van der Waals surface area contributed by atoms with Gasteiger partial charge in [0.25, 0.3) is 0 Å². The van der Waals surface area contributed by atoms with E-state index in [2.05, 4.69) is 203 Å². The molecule has 0 amide bonds. The third-order valence-electron chi connectivity index (χ3n) is 11.9. The highest BCUT2D eigenvalue weighted by molar-refractivity contribution is 6.17. The van der Waals surface area contributed by atoms with E-state index in [9.17, 15) is 0 Å². The molecule has 11 aromatic rings. The molecule has 0 unspecified atom stereocenters. The van der Waals surface area contributed by atoms with Crippen LogP contribution in [0.4, 0.5) is 0 Å². The molecule has 0 saturated heterocycles. The quantitative estimate of drug-likeness (QED) is 0.173. The third-order valence-corrected chi connectivity index (χ3v) is 11.9. The van der Waals surface area contributed by atoms with Gasteiger partial charge in [-0.2, -0.15) is 0 Å². The standard InChI is InChI=1S/C54H36N2O/c1-3-14-35(15-4-1)37-18-13-19-40(32-37)55-47-23-10-7-20-42(47)45-33-38(26-29-49(45)55)39-27-30-50-46(34-39)43-21-8-11-24-48(43)56(50)51-31-28-41(36-16-5-2-6-17-36)54-53(51)44-22-9-12-25-52(44)57-54/h2-3,5-34H,1,4H2. The van der Waals surface area contributed by atoms with Crippen LogP contribution in [0.25, 0.3) is 105 Å². The van der Waals surface area contributed by atoms with Crippen LogP contribution >= 0.6 is 0 Å². The minimum atomic E-state index is 0.892. The molecule has 0 fully saturated rings. The van der Waals surface area contributed by atoms with Gasteiger partial charge in [-0.1, -0.05) is 127 Å². The molecular weight excluding hydrogens is 693 g/mol. The Balaban J connectivity index is 1.04. The minimum absolute atomic E-state index is 0.892. The molecule has 3 heteroatoms. The van der Waals surface area contributed by atoms with Crippen molar-refractivity contribution in [1.82, 2.24) is 9.13 Å². The van der Waals surface area contributed by atoms with E-state index in [0.29, 0.717) is 0 Å². The van der Waals surface area contributed by atoms with Crippen LogP contribution < -0.4 is 0 Å². The van der Waals surface area contributed by atoms with Gasteiger partial charge in [-0.25, -0.2) is 0 Å². The lowest BCUT2D eigenvalue weighted by Crippen LogP contribution is -1.96. The van der Waals surface area contributed by atoms with Gasteiger partial charge in [0.05, 0.1) is 33.1 Å². The lowest BCUT2D eigenvalue weighted by Gasteiger charge is -2.13. The highest BCUT2D eigenvalue weighted by atomic mass is 16.3. The maximum atomic E-state index is 6.69. The smallest absolute Gasteiger partial charge is 0.145 e. The molecule has 3 heterocycles. The first-order chi connectivity index (χ1) is 28.3. The molecule has 0 bridgehead atoms. The number of allylic oxidation sites excluding steroid dienone is 4. The molecule has 8 aromatic carbocycles. The molecule has 0 aliphatic heterocycles. The van der Waals surface area contributed by atoms with Gasteiger partial charge in [0.1, 0.15) is 11.2 Å². The van der Waals surface area contributed by atoms with Gasteiger partial charge in [0, 0.05) is 38.2 Å². The fourth-order valence-corrected chi connectivity index (χ4v) is 9.34. The molecule has 1 aliphatic carbocycles. The Kier molecular flexibility index (Phi) is 7.05. The summed E-state index contributed by atoms with van der Waals surface area (Å²) >= 11 is 0.